The minimum Gasteiger partial charge on any atom is -0.375 e. The molecule has 0 unspecified atom stereocenters. The molecule has 0 aliphatic carbocycles. The number of hydrogen-bond donors (Lipinski definition) is 0. The molecule has 0 aromatic carbocycles. The summed E-state index contributed by atoms with van der Waals surface area (Å²) in [6, 6.07) is 0.240. The summed E-state index contributed by atoms with van der Waals surface area (Å²) in [6.07, 6.45) is 0.190. The highest BCUT2D eigenvalue weighted by Crippen LogP contribution is 2.10. The zero-order valence-corrected chi connectivity index (χ0v) is 9.33. The van der Waals surface area contributed by atoms with Crippen molar-refractivity contribution in [1.29, 1.82) is 0 Å². The molecule has 1 heterocycles. The largest absolute Gasteiger partial charge is 0.375 e. The van der Waals surface area contributed by atoms with Gasteiger partial charge in [-0.15, -0.1) is 0 Å². The van der Waals surface area contributed by atoms with Gasteiger partial charge >= 0.3 is 0 Å². The smallest absolute Gasteiger partial charge is 0.219 e. The first-order valence-electron chi connectivity index (χ1n) is 5.00. The van der Waals surface area contributed by atoms with E-state index < -0.39 is 0 Å². The average molecular weight is 187 g/mol. The summed E-state index contributed by atoms with van der Waals surface area (Å²) >= 11 is 0. The summed E-state index contributed by atoms with van der Waals surface area (Å²) in [7, 11) is 0. The van der Waals surface area contributed by atoms with Gasteiger partial charge < -0.3 is 9.64 Å². The highest BCUT2D eigenvalue weighted by Gasteiger charge is 2.24. The summed E-state index contributed by atoms with van der Waals surface area (Å²) in [5.74, 6) is 0.146. The Kier molecular flexibility index (Phi) is 5.71. The standard InChI is InChI=1S/C8H15NO2.C2H6/c1-6-5-11-7(2)4-9(6)8(3)10;1-2/h6-7H,4-5H2,1-3H3;1-2H3/t6-,7-;/m1./s1. The maximum Gasteiger partial charge on any atom is 0.219 e. The summed E-state index contributed by atoms with van der Waals surface area (Å²) in [6.45, 7) is 11.0. The predicted octanol–water partition coefficient (Wildman–Crippen LogP) is 1.67. The van der Waals surface area contributed by atoms with Crippen LogP contribution in [0.4, 0.5) is 0 Å². The molecular formula is C10H21NO2. The Labute approximate surface area is 81.1 Å². The van der Waals surface area contributed by atoms with Crippen molar-refractivity contribution in [2.75, 3.05) is 13.2 Å². The summed E-state index contributed by atoms with van der Waals surface area (Å²) < 4.78 is 5.38. The van der Waals surface area contributed by atoms with Gasteiger partial charge in [0.15, 0.2) is 0 Å². The first-order chi connectivity index (χ1) is 6.11. The second-order valence-electron chi connectivity index (χ2n) is 3.16. The van der Waals surface area contributed by atoms with Crippen molar-refractivity contribution in [3.05, 3.63) is 0 Å². The molecule has 0 N–H and O–H groups in total. The van der Waals surface area contributed by atoms with E-state index >= 15 is 0 Å². The Balaban J connectivity index is 0.000000671. The number of nitrogens with zero attached hydrogens (tertiary/aromatic N) is 1. The number of hydrogen-bond acceptors (Lipinski definition) is 2. The lowest BCUT2D eigenvalue weighted by atomic mass is 10.2. The first kappa shape index (κ1) is 12.4. The molecule has 1 saturated heterocycles. The van der Waals surface area contributed by atoms with Gasteiger partial charge in [-0.1, -0.05) is 13.8 Å². The number of ether oxygens (including phenoxy) is 1. The van der Waals surface area contributed by atoms with Gasteiger partial charge in [-0.25, -0.2) is 0 Å². The molecule has 0 aromatic heterocycles. The van der Waals surface area contributed by atoms with Gasteiger partial charge in [0, 0.05) is 13.5 Å². The number of rotatable bonds is 0. The van der Waals surface area contributed by atoms with Crippen molar-refractivity contribution in [3.8, 4) is 0 Å². The van der Waals surface area contributed by atoms with Crippen LogP contribution in [0.15, 0.2) is 0 Å². The molecule has 0 saturated carbocycles. The topological polar surface area (TPSA) is 29.5 Å². The molecule has 1 aliphatic rings. The van der Waals surface area contributed by atoms with Gasteiger partial charge in [-0.05, 0) is 13.8 Å². The Hall–Kier alpha value is -0.570. The number of amides is 1. The molecule has 3 heteroatoms. The quantitative estimate of drug-likeness (QED) is 0.577. The normalized spacial score (nSPS) is 27.6. The van der Waals surface area contributed by atoms with E-state index in [1.807, 2.05) is 32.6 Å². The van der Waals surface area contributed by atoms with Crippen LogP contribution in [0.25, 0.3) is 0 Å². The van der Waals surface area contributed by atoms with Crippen LogP contribution in [0.2, 0.25) is 0 Å². The Morgan fingerprint density at radius 1 is 1.38 bits per heavy atom. The maximum atomic E-state index is 11.0. The van der Waals surface area contributed by atoms with Crippen molar-refractivity contribution in [2.45, 2.75) is 46.8 Å². The van der Waals surface area contributed by atoms with Crippen molar-refractivity contribution < 1.29 is 9.53 Å². The molecule has 3 nitrogen and oxygen atoms in total. The number of morpholine rings is 1. The predicted molar refractivity (Wildman–Crippen MR) is 53.6 cm³/mol. The number of carbonyl (C=O) groups excluding carboxylic acids is 1. The minimum absolute atomic E-state index is 0.146. The van der Waals surface area contributed by atoms with Gasteiger partial charge in [0.2, 0.25) is 5.91 Å². The van der Waals surface area contributed by atoms with Crippen molar-refractivity contribution in [2.24, 2.45) is 0 Å². The molecule has 0 spiro atoms. The minimum atomic E-state index is 0.146. The molecule has 13 heavy (non-hydrogen) atoms. The summed E-state index contributed by atoms with van der Waals surface area (Å²) in [4.78, 5) is 12.9. The fraction of sp³-hybridized carbons (Fsp3) is 0.900. The van der Waals surface area contributed by atoms with E-state index in [1.54, 1.807) is 6.92 Å². The van der Waals surface area contributed by atoms with Gasteiger partial charge in [0.25, 0.3) is 0 Å². The second kappa shape index (κ2) is 5.97. The average Bonchev–Trinajstić information content (AvgIpc) is 2.12. The lowest BCUT2D eigenvalue weighted by Crippen LogP contribution is -2.49. The van der Waals surface area contributed by atoms with E-state index in [1.165, 1.54) is 0 Å². The van der Waals surface area contributed by atoms with Crippen molar-refractivity contribution in [1.82, 2.24) is 4.90 Å². The van der Waals surface area contributed by atoms with E-state index in [9.17, 15) is 4.79 Å². The zero-order valence-electron chi connectivity index (χ0n) is 9.33. The Morgan fingerprint density at radius 3 is 2.31 bits per heavy atom. The molecule has 2 atom stereocenters. The molecule has 1 fully saturated rings. The molecule has 78 valence electrons. The van der Waals surface area contributed by atoms with Crippen LogP contribution >= 0.6 is 0 Å². The third-order valence-corrected chi connectivity index (χ3v) is 2.01. The zero-order chi connectivity index (χ0) is 10.4. The van der Waals surface area contributed by atoms with Gasteiger partial charge in [-0.3, -0.25) is 4.79 Å². The van der Waals surface area contributed by atoms with Crippen LogP contribution in [0, 0.1) is 0 Å². The van der Waals surface area contributed by atoms with E-state index in [4.69, 9.17) is 4.74 Å². The third kappa shape index (κ3) is 3.77. The Morgan fingerprint density at radius 2 is 1.92 bits per heavy atom. The molecule has 0 bridgehead atoms. The Bertz CT molecular complexity index is 159. The van der Waals surface area contributed by atoms with Crippen LogP contribution in [-0.4, -0.2) is 36.1 Å². The maximum absolute atomic E-state index is 11.0. The van der Waals surface area contributed by atoms with Crippen LogP contribution in [0.1, 0.15) is 34.6 Å². The van der Waals surface area contributed by atoms with Crippen LogP contribution in [0.5, 0.6) is 0 Å². The molecule has 1 aliphatic heterocycles. The fourth-order valence-corrected chi connectivity index (χ4v) is 1.34. The van der Waals surface area contributed by atoms with E-state index in [0.29, 0.717) is 6.61 Å². The SMILES string of the molecule is CC.CC(=O)N1C[C@@H](C)OC[C@H]1C. The highest BCUT2D eigenvalue weighted by molar-refractivity contribution is 5.73. The number of carbonyl (C=O) groups is 1. The molecule has 0 radical (unpaired) electrons. The van der Waals surface area contributed by atoms with Crippen LogP contribution in [0.3, 0.4) is 0 Å². The van der Waals surface area contributed by atoms with Gasteiger partial charge in [0.1, 0.15) is 0 Å². The monoisotopic (exact) mass is 187 g/mol. The van der Waals surface area contributed by atoms with Gasteiger partial charge in [0.05, 0.1) is 18.8 Å². The summed E-state index contributed by atoms with van der Waals surface area (Å²) in [5, 5.41) is 0. The lowest BCUT2D eigenvalue weighted by Gasteiger charge is -2.36. The van der Waals surface area contributed by atoms with Crippen LogP contribution < -0.4 is 0 Å². The van der Waals surface area contributed by atoms with E-state index in [2.05, 4.69) is 0 Å². The van der Waals surface area contributed by atoms with Crippen molar-refractivity contribution in [3.63, 3.8) is 0 Å². The van der Waals surface area contributed by atoms with Crippen molar-refractivity contribution >= 4 is 5.91 Å². The van der Waals surface area contributed by atoms with Crippen LogP contribution in [-0.2, 0) is 9.53 Å². The molecule has 1 amide bonds. The van der Waals surface area contributed by atoms with E-state index in [0.717, 1.165) is 6.54 Å². The third-order valence-electron chi connectivity index (χ3n) is 2.01. The summed E-state index contributed by atoms with van der Waals surface area (Å²) in [5.41, 5.74) is 0. The van der Waals surface area contributed by atoms with E-state index in [-0.39, 0.29) is 18.1 Å². The van der Waals surface area contributed by atoms with Gasteiger partial charge in [-0.2, -0.15) is 0 Å². The highest BCUT2D eigenvalue weighted by atomic mass is 16.5. The second-order valence-corrected chi connectivity index (χ2v) is 3.16. The molecular weight excluding hydrogens is 166 g/mol. The lowest BCUT2D eigenvalue weighted by molar-refractivity contribution is -0.140. The molecule has 1 rings (SSSR count). The first-order valence-corrected chi connectivity index (χ1v) is 5.00. The molecule has 0 aromatic rings. The fourth-order valence-electron chi connectivity index (χ4n) is 1.34.